The Labute approximate surface area is 162 Å². The third-order valence-corrected chi connectivity index (χ3v) is 10.1. The van der Waals surface area contributed by atoms with Crippen molar-refractivity contribution >= 4 is 14.3 Å². The first-order chi connectivity index (χ1) is 12.1. The van der Waals surface area contributed by atoms with E-state index in [0.717, 1.165) is 36.8 Å². The summed E-state index contributed by atoms with van der Waals surface area (Å²) < 4.78 is 11.9. The van der Waals surface area contributed by atoms with Crippen molar-refractivity contribution in [1.29, 1.82) is 0 Å². The zero-order valence-electron chi connectivity index (χ0n) is 18.1. The first kappa shape index (κ1) is 23.2. The summed E-state index contributed by atoms with van der Waals surface area (Å²) >= 11 is 0. The van der Waals surface area contributed by atoms with Gasteiger partial charge in [0.15, 0.2) is 8.32 Å². The van der Waals surface area contributed by atoms with E-state index < -0.39 is 8.32 Å². The normalized spacial score (nSPS) is 17.2. The molecule has 1 rings (SSSR count). The molecule has 0 aliphatic heterocycles. The smallest absolute Gasteiger partial charge is 0.334 e. The van der Waals surface area contributed by atoms with E-state index in [1.54, 1.807) is 0 Å². The Morgan fingerprint density at radius 2 is 1.88 bits per heavy atom. The van der Waals surface area contributed by atoms with Gasteiger partial charge in [0.25, 0.3) is 0 Å². The molecule has 0 radical (unpaired) electrons. The monoisotopic (exact) mass is 380 g/mol. The Kier molecular flexibility index (Phi) is 9.32. The van der Waals surface area contributed by atoms with E-state index in [1.807, 2.05) is 6.92 Å². The molecular formula is C22H40O3Si. The minimum atomic E-state index is -1.82. The Balaban J connectivity index is 2.91. The van der Waals surface area contributed by atoms with Crippen molar-refractivity contribution in [1.82, 2.24) is 0 Å². The molecule has 0 aromatic heterocycles. The van der Waals surface area contributed by atoms with Crippen molar-refractivity contribution in [2.24, 2.45) is 0 Å². The van der Waals surface area contributed by atoms with Crippen LogP contribution in [0, 0.1) is 0 Å². The zero-order valence-corrected chi connectivity index (χ0v) is 19.1. The van der Waals surface area contributed by atoms with E-state index in [1.165, 1.54) is 19.3 Å². The first-order valence-corrected chi connectivity index (χ1v) is 13.3. The molecule has 0 aromatic carbocycles. The Hall–Kier alpha value is -0.873. The summed E-state index contributed by atoms with van der Waals surface area (Å²) in [5.41, 5.74) is 2.01. The number of esters is 1. The third-order valence-electron chi connectivity index (χ3n) is 5.64. The van der Waals surface area contributed by atoms with Crippen molar-refractivity contribution in [3.8, 4) is 0 Å². The molecule has 1 aliphatic rings. The van der Waals surface area contributed by atoms with Crippen LogP contribution in [0.4, 0.5) is 0 Å². The molecular weight excluding hydrogens is 340 g/mol. The second-order valence-corrected chi connectivity index (χ2v) is 13.6. The second kappa shape index (κ2) is 10.5. The van der Waals surface area contributed by atoms with Gasteiger partial charge in [-0.3, -0.25) is 0 Å². The summed E-state index contributed by atoms with van der Waals surface area (Å²) in [5, 5.41) is 0.201. The van der Waals surface area contributed by atoms with Crippen LogP contribution < -0.4 is 0 Å². The van der Waals surface area contributed by atoms with E-state index in [9.17, 15) is 4.79 Å². The molecule has 1 unspecified atom stereocenters. The van der Waals surface area contributed by atoms with Crippen molar-refractivity contribution in [3.63, 3.8) is 0 Å². The highest BCUT2D eigenvalue weighted by molar-refractivity contribution is 6.74. The molecule has 0 spiro atoms. The van der Waals surface area contributed by atoms with Gasteiger partial charge in [-0.05, 0) is 56.3 Å². The standard InChI is InChI=1S/C22H40O3Si/c1-8-10-11-14-19(25-26(6,7)22(3,4)5)17-16-18-13-12-15-20(18)21(23)24-9-2/h16-17,19H,8-15H2,1-7H3/b17-16+. The van der Waals surface area contributed by atoms with Gasteiger partial charge in [0, 0.05) is 5.57 Å². The van der Waals surface area contributed by atoms with Crippen molar-refractivity contribution in [3.05, 3.63) is 23.3 Å². The Bertz CT molecular complexity index is 512. The van der Waals surface area contributed by atoms with Crippen LogP contribution in [0.3, 0.4) is 0 Å². The fourth-order valence-electron chi connectivity index (χ4n) is 2.97. The van der Waals surface area contributed by atoms with Crippen molar-refractivity contribution < 1.29 is 14.0 Å². The molecule has 0 bridgehead atoms. The van der Waals surface area contributed by atoms with Crippen LogP contribution in [0.25, 0.3) is 0 Å². The molecule has 1 atom stereocenters. The maximum atomic E-state index is 12.1. The molecule has 0 fully saturated rings. The molecule has 0 amide bonds. The number of hydrogen-bond acceptors (Lipinski definition) is 3. The lowest BCUT2D eigenvalue weighted by molar-refractivity contribution is -0.138. The fraction of sp³-hybridized carbons (Fsp3) is 0.773. The molecule has 3 nitrogen and oxygen atoms in total. The lowest BCUT2D eigenvalue weighted by Crippen LogP contribution is -2.43. The highest BCUT2D eigenvalue weighted by atomic mass is 28.4. The van der Waals surface area contributed by atoms with Gasteiger partial charge in [0.05, 0.1) is 12.7 Å². The number of allylic oxidation sites excluding steroid dienone is 2. The minimum absolute atomic E-state index is 0.138. The quantitative estimate of drug-likeness (QED) is 0.245. The average molecular weight is 381 g/mol. The molecule has 26 heavy (non-hydrogen) atoms. The summed E-state index contributed by atoms with van der Waals surface area (Å²) in [7, 11) is -1.82. The molecule has 0 saturated heterocycles. The van der Waals surface area contributed by atoms with Crippen LogP contribution in [-0.2, 0) is 14.0 Å². The van der Waals surface area contributed by atoms with Gasteiger partial charge in [-0.2, -0.15) is 0 Å². The lowest BCUT2D eigenvalue weighted by atomic mass is 10.1. The maximum Gasteiger partial charge on any atom is 0.334 e. The van der Waals surface area contributed by atoms with Gasteiger partial charge < -0.3 is 9.16 Å². The van der Waals surface area contributed by atoms with Gasteiger partial charge in [-0.15, -0.1) is 0 Å². The average Bonchev–Trinajstić information content (AvgIpc) is 3.00. The van der Waals surface area contributed by atoms with Crippen molar-refractivity contribution in [2.45, 2.75) is 104 Å². The van der Waals surface area contributed by atoms with Crippen LogP contribution in [0.1, 0.15) is 79.6 Å². The van der Waals surface area contributed by atoms with Crippen LogP contribution >= 0.6 is 0 Å². The molecule has 1 aliphatic carbocycles. The van der Waals surface area contributed by atoms with Gasteiger partial charge in [0.1, 0.15) is 0 Å². The summed E-state index contributed by atoms with van der Waals surface area (Å²) in [6.07, 6.45) is 12.0. The summed E-state index contributed by atoms with van der Waals surface area (Å²) in [6.45, 7) is 16.0. The first-order valence-electron chi connectivity index (χ1n) is 10.4. The van der Waals surface area contributed by atoms with E-state index >= 15 is 0 Å². The van der Waals surface area contributed by atoms with Crippen LogP contribution in [-0.4, -0.2) is 27.0 Å². The number of ether oxygens (including phenoxy) is 1. The van der Waals surface area contributed by atoms with E-state index in [-0.39, 0.29) is 17.1 Å². The van der Waals surface area contributed by atoms with E-state index in [4.69, 9.17) is 9.16 Å². The van der Waals surface area contributed by atoms with Crippen LogP contribution in [0.5, 0.6) is 0 Å². The summed E-state index contributed by atoms with van der Waals surface area (Å²) in [5.74, 6) is -0.141. The van der Waals surface area contributed by atoms with Gasteiger partial charge in [0.2, 0.25) is 0 Å². The number of carbonyl (C=O) groups is 1. The highest BCUT2D eigenvalue weighted by Crippen LogP contribution is 2.38. The Morgan fingerprint density at radius 1 is 1.19 bits per heavy atom. The number of rotatable bonds is 10. The van der Waals surface area contributed by atoms with Crippen LogP contribution in [0.2, 0.25) is 18.1 Å². The molecule has 0 heterocycles. The van der Waals surface area contributed by atoms with Gasteiger partial charge in [-0.25, -0.2) is 4.79 Å². The number of hydrogen-bond donors (Lipinski definition) is 0. The molecule has 4 heteroatoms. The molecule has 150 valence electrons. The largest absolute Gasteiger partial charge is 0.463 e. The topological polar surface area (TPSA) is 35.5 Å². The fourth-order valence-corrected chi connectivity index (χ4v) is 4.28. The van der Waals surface area contributed by atoms with Gasteiger partial charge in [-0.1, -0.05) is 59.1 Å². The number of unbranched alkanes of at least 4 members (excludes halogenated alkanes) is 2. The molecule has 0 saturated carbocycles. The second-order valence-electron chi connectivity index (χ2n) is 8.85. The SMILES string of the molecule is CCCCCC(/C=C/C1=C(C(=O)OCC)CCC1)O[Si](C)(C)C(C)(C)C. The molecule has 0 N–H and O–H groups in total. The summed E-state index contributed by atoms with van der Waals surface area (Å²) in [6, 6.07) is 0. The van der Waals surface area contributed by atoms with Crippen molar-refractivity contribution in [2.75, 3.05) is 6.61 Å². The number of carbonyl (C=O) groups excluding carboxylic acids is 1. The third kappa shape index (κ3) is 7.03. The lowest BCUT2D eigenvalue weighted by Gasteiger charge is -2.38. The van der Waals surface area contributed by atoms with Gasteiger partial charge >= 0.3 is 5.97 Å². The predicted molar refractivity (Wildman–Crippen MR) is 113 cm³/mol. The minimum Gasteiger partial charge on any atom is -0.463 e. The van der Waals surface area contributed by atoms with E-state index in [2.05, 4.69) is 52.9 Å². The zero-order chi connectivity index (χ0) is 19.8. The van der Waals surface area contributed by atoms with E-state index in [0.29, 0.717) is 6.61 Å². The summed E-state index contributed by atoms with van der Waals surface area (Å²) in [4.78, 5) is 12.1. The predicted octanol–water partition coefficient (Wildman–Crippen LogP) is 6.56. The Morgan fingerprint density at radius 3 is 2.46 bits per heavy atom. The maximum absolute atomic E-state index is 12.1. The van der Waals surface area contributed by atoms with Crippen LogP contribution in [0.15, 0.2) is 23.3 Å². The molecule has 0 aromatic rings. The highest BCUT2D eigenvalue weighted by Gasteiger charge is 2.38.